The number of rotatable bonds is 6. The number of para-hydroxylation sites is 1. The van der Waals surface area contributed by atoms with Gasteiger partial charge >= 0.3 is 0 Å². The summed E-state index contributed by atoms with van der Waals surface area (Å²) >= 11 is 1.64. The van der Waals surface area contributed by atoms with Crippen LogP contribution >= 0.6 is 11.3 Å². The number of nitrogens with one attached hydrogen (secondary N) is 1. The number of fused-ring (bicyclic) bond motifs is 1. The van der Waals surface area contributed by atoms with Crippen molar-refractivity contribution in [3.63, 3.8) is 0 Å². The Morgan fingerprint density at radius 2 is 1.83 bits per heavy atom. The van der Waals surface area contributed by atoms with E-state index in [2.05, 4.69) is 15.4 Å². The van der Waals surface area contributed by atoms with Crippen molar-refractivity contribution in [1.29, 1.82) is 0 Å². The first-order chi connectivity index (χ1) is 14.1. The maximum Gasteiger partial charge on any atom is 0.271 e. The van der Waals surface area contributed by atoms with E-state index in [0.717, 1.165) is 20.8 Å². The molecule has 0 aliphatic rings. The summed E-state index contributed by atoms with van der Waals surface area (Å²) in [6.07, 6.45) is 0. The van der Waals surface area contributed by atoms with E-state index < -0.39 is 0 Å². The molecule has 2 aromatic carbocycles. The van der Waals surface area contributed by atoms with Gasteiger partial charge in [0, 0.05) is 18.5 Å². The summed E-state index contributed by atoms with van der Waals surface area (Å²) in [5.74, 6) is -0.230. The lowest BCUT2D eigenvalue weighted by atomic mass is 10.2. The van der Waals surface area contributed by atoms with Crippen LogP contribution in [0.15, 0.2) is 71.5 Å². The van der Waals surface area contributed by atoms with E-state index in [0.29, 0.717) is 13.1 Å². The molecule has 1 amide bonds. The van der Waals surface area contributed by atoms with Gasteiger partial charge in [0.1, 0.15) is 5.69 Å². The lowest BCUT2D eigenvalue weighted by molar-refractivity contribution is 0.0944. The van der Waals surface area contributed by atoms with Crippen LogP contribution in [0.1, 0.15) is 33.9 Å². The Morgan fingerprint density at radius 3 is 2.62 bits per heavy atom. The molecule has 1 unspecified atom stereocenters. The second-order valence-electron chi connectivity index (χ2n) is 6.83. The fraction of sp³-hybridized carbons (Fsp3) is 0.182. The molecule has 7 heteroatoms. The molecule has 0 aliphatic carbocycles. The Balaban J connectivity index is 1.44. The Kier molecular flexibility index (Phi) is 5.48. The maximum absolute atomic E-state index is 12.6. The first-order valence-electron chi connectivity index (χ1n) is 9.36. The summed E-state index contributed by atoms with van der Waals surface area (Å²) in [4.78, 5) is 29.3. The Morgan fingerprint density at radius 1 is 1.07 bits per heavy atom. The van der Waals surface area contributed by atoms with Gasteiger partial charge in [0.25, 0.3) is 11.5 Å². The van der Waals surface area contributed by atoms with Crippen molar-refractivity contribution in [2.24, 2.45) is 0 Å². The van der Waals surface area contributed by atoms with Crippen LogP contribution in [0, 0.1) is 0 Å². The fourth-order valence-electron chi connectivity index (χ4n) is 2.96. The zero-order chi connectivity index (χ0) is 20.2. The molecule has 4 aromatic rings. The van der Waals surface area contributed by atoms with Gasteiger partial charge in [-0.05, 0) is 23.8 Å². The maximum atomic E-state index is 12.6. The standard InChI is InChI=1S/C22H20N4O2S/c1-15(22-24-17-9-5-6-10-19(17)29-22)13-23-21(28)18-11-12-20(27)26(25-18)14-16-7-3-2-4-8-16/h2-12,15H,13-14H2,1H3,(H,23,28). The summed E-state index contributed by atoms with van der Waals surface area (Å²) < 4.78 is 2.44. The zero-order valence-electron chi connectivity index (χ0n) is 15.9. The minimum absolute atomic E-state index is 0.0755. The van der Waals surface area contributed by atoms with Crippen LogP contribution in [-0.4, -0.2) is 27.2 Å². The van der Waals surface area contributed by atoms with E-state index in [4.69, 9.17) is 0 Å². The molecule has 1 atom stereocenters. The van der Waals surface area contributed by atoms with Crippen molar-refractivity contribution in [3.8, 4) is 0 Å². The molecular weight excluding hydrogens is 384 g/mol. The SMILES string of the molecule is CC(CNC(=O)c1ccc(=O)n(Cc2ccccc2)n1)c1nc2ccccc2s1. The predicted octanol–water partition coefficient (Wildman–Crippen LogP) is 3.43. The Bertz CT molecular complexity index is 1170. The fourth-order valence-corrected chi connectivity index (χ4v) is 3.98. The minimum atomic E-state index is -0.306. The van der Waals surface area contributed by atoms with Crippen LogP contribution in [0.4, 0.5) is 0 Å². The average molecular weight is 404 g/mol. The number of aromatic nitrogens is 3. The summed E-state index contributed by atoms with van der Waals surface area (Å²) in [6, 6.07) is 20.4. The highest BCUT2D eigenvalue weighted by atomic mass is 32.1. The van der Waals surface area contributed by atoms with Crippen LogP contribution < -0.4 is 10.9 Å². The number of amides is 1. The van der Waals surface area contributed by atoms with Crippen molar-refractivity contribution in [1.82, 2.24) is 20.1 Å². The lowest BCUT2D eigenvalue weighted by Crippen LogP contribution is -2.31. The van der Waals surface area contributed by atoms with E-state index in [1.54, 1.807) is 11.3 Å². The van der Waals surface area contributed by atoms with E-state index in [1.165, 1.54) is 16.8 Å². The molecule has 0 saturated heterocycles. The van der Waals surface area contributed by atoms with E-state index in [9.17, 15) is 9.59 Å². The van der Waals surface area contributed by atoms with Crippen molar-refractivity contribution >= 4 is 27.5 Å². The van der Waals surface area contributed by atoms with Gasteiger partial charge < -0.3 is 5.32 Å². The van der Waals surface area contributed by atoms with Crippen LogP contribution in [-0.2, 0) is 6.54 Å². The molecule has 6 nitrogen and oxygen atoms in total. The van der Waals surface area contributed by atoms with Gasteiger partial charge in [-0.1, -0.05) is 49.4 Å². The zero-order valence-corrected chi connectivity index (χ0v) is 16.7. The Hall–Kier alpha value is -3.32. The monoisotopic (exact) mass is 404 g/mol. The largest absolute Gasteiger partial charge is 0.350 e. The number of carbonyl (C=O) groups is 1. The van der Waals surface area contributed by atoms with Gasteiger partial charge in [-0.3, -0.25) is 9.59 Å². The predicted molar refractivity (Wildman–Crippen MR) is 114 cm³/mol. The van der Waals surface area contributed by atoms with E-state index in [-0.39, 0.29) is 23.1 Å². The molecule has 0 fully saturated rings. The molecule has 0 radical (unpaired) electrons. The van der Waals surface area contributed by atoms with E-state index >= 15 is 0 Å². The van der Waals surface area contributed by atoms with Crippen molar-refractivity contribution in [2.75, 3.05) is 6.54 Å². The molecule has 4 rings (SSSR count). The van der Waals surface area contributed by atoms with Crippen LogP contribution in [0.25, 0.3) is 10.2 Å². The second-order valence-corrected chi connectivity index (χ2v) is 7.89. The molecule has 0 saturated carbocycles. The number of nitrogens with zero attached hydrogens (tertiary/aromatic N) is 3. The second kappa shape index (κ2) is 8.36. The lowest BCUT2D eigenvalue weighted by Gasteiger charge is -2.11. The summed E-state index contributed by atoms with van der Waals surface area (Å²) in [5, 5.41) is 8.11. The van der Waals surface area contributed by atoms with Crippen molar-refractivity contribution in [2.45, 2.75) is 19.4 Å². The summed E-state index contributed by atoms with van der Waals surface area (Å²) in [5.41, 5.74) is 1.90. The Labute approximate surface area is 171 Å². The first kappa shape index (κ1) is 19.0. The summed E-state index contributed by atoms with van der Waals surface area (Å²) in [6.45, 7) is 2.79. The summed E-state index contributed by atoms with van der Waals surface area (Å²) in [7, 11) is 0. The molecule has 146 valence electrons. The molecular formula is C22H20N4O2S. The normalized spacial score (nSPS) is 12.0. The number of benzene rings is 2. The van der Waals surface area contributed by atoms with Crippen LogP contribution in [0.2, 0.25) is 0 Å². The highest BCUT2D eigenvalue weighted by Crippen LogP contribution is 2.26. The number of hydrogen-bond acceptors (Lipinski definition) is 5. The van der Waals surface area contributed by atoms with E-state index in [1.807, 2.05) is 61.5 Å². The third kappa shape index (κ3) is 4.41. The van der Waals surface area contributed by atoms with Gasteiger partial charge in [0.2, 0.25) is 0 Å². The van der Waals surface area contributed by atoms with Gasteiger partial charge in [-0.2, -0.15) is 5.10 Å². The number of thiazole rings is 1. The molecule has 0 aliphatic heterocycles. The molecule has 29 heavy (non-hydrogen) atoms. The van der Waals surface area contributed by atoms with Crippen molar-refractivity contribution in [3.05, 3.63) is 93.3 Å². The third-order valence-electron chi connectivity index (χ3n) is 4.58. The van der Waals surface area contributed by atoms with Crippen LogP contribution in [0.5, 0.6) is 0 Å². The van der Waals surface area contributed by atoms with Crippen molar-refractivity contribution < 1.29 is 4.79 Å². The molecule has 2 aromatic heterocycles. The third-order valence-corrected chi connectivity index (χ3v) is 5.84. The molecule has 2 heterocycles. The first-order valence-corrected chi connectivity index (χ1v) is 10.2. The molecule has 0 bridgehead atoms. The highest BCUT2D eigenvalue weighted by molar-refractivity contribution is 7.18. The quantitative estimate of drug-likeness (QED) is 0.534. The van der Waals surface area contributed by atoms with Gasteiger partial charge in [0.05, 0.1) is 21.8 Å². The smallest absolute Gasteiger partial charge is 0.271 e. The highest BCUT2D eigenvalue weighted by Gasteiger charge is 2.15. The van der Waals surface area contributed by atoms with Gasteiger partial charge in [-0.25, -0.2) is 9.67 Å². The van der Waals surface area contributed by atoms with Gasteiger partial charge in [-0.15, -0.1) is 11.3 Å². The molecule has 1 N–H and O–H groups in total. The number of carbonyl (C=O) groups excluding carboxylic acids is 1. The molecule has 0 spiro atoms. The topological polar surface area (TPSA) is 76.9 Å². The van der Waals surface area contributed by atoms with Crippen LogP contribution in [0.3, 0.4) is 0 Å². The number of hydrogen-bond donors (Lipinski definition) is 1. The average Bonchev–Trinajstić information content (AvgIpc) is 3.18. The van der Waals surface area contributed by atoms with Gasteiger partial charge in [0.15, 0.2) is 0 Å². The minimum Gasteiger partial charge on any atom is -0.350 e.